The van der Waals surface area contributed by atoms with Crippen molar-refractivity contribution in [2.45, 2.75) is 219 Å². The fourth-order valence-electron chi connectivity index (χ4n) is 6.67. The van der Waals surface area contributed by atoms with E-state index in [1.54, 1.807) is 0 Å². The number of ether oxygens (including phenoxy) is 3. The predicted molar refractivity (Wildman–Crippen MR) is 288 cm³/mol. The third-order valence-electron chi connectivity index (χ3n) is 10.6. The minimum atomic E-state index is -0.825. The maximum atomic E-state index is 12.8. The maximum Gasteiger partial charge on any atom is 0.306 e. The van der Waals surface area contributed by atoms with Gasteiger partial charge in [-0.1, -0.05) is 199 Å². The van der Waals surface area contributed by atoms with Crippen LogP contribution in [-0.4, -0.2) is 37.2 Å². The molecule has 0 aromatic carbocycles. The molecule has 0 unspecified atom stereocenters. The quantitative estimate of drug-likeness (QED) is 0.0262. The second kappa shape index (κ2) is 54.2. The molecule has 67 heavy (non-hydrogen) atoms. The largest absolute Gasteiger partial charge is 0.462 e. The zero-order valence-electron chi connectivity index (χ0n) is 42.9. The van der Waals surface area contributed by atoms with Crippen LogP contribution in [0.3, 0.4) is 0 Å². The van der Waals surface area contributed by atoms with E-state index in [4.69, 9.17) is 14.2 Å². The van der Waals surface area contributed by atoms with Crippen molar-refractivity contribution in [3.8, 4) is 0 Å². The summed E-state index contributed by atoms with van der Waals surface area (Å²) in [6, 6.07) is 0. The number of hydrogen-bond donors (Lipinski definition) is 0. The summed E-state index contributed by atoms with van der Waals surface area (Å²) in [5.74, 6) is -1.02. The van der Waals surface area contributed by atoms with Gasteiger partial charge in [-0.3, -0.25) is 14.4 Å². The lowest BCUT2D eigenvalue weighted by molar-refractivity contribution is -0.167. The van der Waals surface area contributed by atoms with Crippen LogP contribution in [0.2, 0.25) is 0 Å². The van der Waals surface area contributed by atoms with E-state index in [9.17, 15) is 14.4 Å². The van der Waals surface area contributed by atoms with E-state index < -0.39 is 6.10 Å². The van der Waals surface area contributed by atoms with Crippen LogP contribution in [0.25, 0.3) is 0 Å². The Morgan fingerprint density at radius 3 is 0.970 bits per heavy atom. The molecule has 0 radical (unpaired) electrons. The van der Waals surface area contributed by atoms with Gasteiger partial charge in [0.25, 0.3) is 0 Å². The third kappa shape index (κ3) is 52.4. The van der Waals surface area contributed by atoms with Crippen molar-refractivity contribution in [3.63, 3.8) is 0 Å². The highest BCUT2D eigenvalue weighted by Gasteiger charge is 2.19. The summed E-state index contributed by atoms with van der Waals surface area (Å²) in [5.41, 5.74) is 0. The predicted octanol–water partition coefficient (Wildman–Crippen LogP) is 17.9. The third-order valence-corrected chi connectivity index (χ3v) is 10.6. The second-order valence-corrected chi connectivity index (χ2v) is 17.0. The number of unbranched alkanes of at least 4 members (excludes halogenated alkanes) is 13. The van der Waals surface area contributed by atoms with E-state index in [0.717, 1.165) is 141 Å². The lowest BCUT2D eigenvalue weighted by atomic mass is 10.1. The number of allylic oxidation sites excluding steroid dienone is 22. The molecule has 0 aromatic rings. The van der Waals surface area contributed by atoms with Gasteiger partial charge in [0.2, 0.25) is 0 Å². The van der Waals surface area contributed by atoms with Gasteiger partial charge in [0.15, 0.2) is 6.10 Å². The molecule has 6 nitrogen and oxygen atoms in total. The van der Waals surface area contributed by atoms with Crippen molar-refractivity contribution in [2.75, 3.05) is 13.2 Å². The van der Waals surface area contributed by atoms with Gasteiger partial charge in [-0.15, -0.1) is 0 Å². The first kappa shape index (κ1) is 62.5. The highest BCUT2D eigenvalue weighted by atomic mass is 16.6. The molecular weight excluding hydrogens is 829 g/mol. The minimum absolute atomic E-state index is 0.119. The van der Waals surface area contributed by atoms with E-state index in [0.29, 0.717) is 12.8 Å². The standard InChI is InChI=1S/C61H96O6/c1-4-7-10-13-16-19-22-25-28-30-33-36-39-42-45-48-51-54-60(63)66-57-58(56-65-59(62)53-50-47-44-41-38-35-32-27-24-21-18-15-12-9-6-3)67-61(64)55-52-49-46-43-40-37-34-31-29-26-23-20-17-14-11-8-5-2/h7,9-10,12,16-21,25-29,32-34,36-37,42,45,58H,4-6,8,11,13-15,22-24,30-31,35,38-41,43-44,46-57H2,1-3H3/b10-7-,12-9-,19-16-,20-17-,21-18-,28-25-,29-26-,32-27-,36-33-,37-34-,45-42-/t58-/m1/s1. The molecule has 0 aromatic heterocycles. The van der Waals surface area contributed by atoms with E-state index in [-0.39, 0.29) is 44.0 Å². The first-order valence-corrected chi connectivity index (χ1v) is 26.7. The topological polar surface area (TPSA) is 78.9 Å². The smallest absolute Gasteiger partial charge is 0.306 e. The van der Waals surface area contributed by atoms with Gasteiger partial charge >= 0.3 is 17.9 Å². The van der Waals surface area contributed by atoms with Crippen molar-refractivity contribution in [3.05, 3.63) is 134 Å². The molecule has 0 spiro atoms. The van der Waals surface area contributed by atoms with E-state index in [1.165, 1.54) is 25.7 Å². The van der Waals surface area contributed by atoms with Crippen LogP contribution in [-0.2, 0) is 28.6 Å². The number of hydrogen-bond acceptors (Lipinski definition) is 6. The summed E-state index contributed by atoms with van der Waals surface area (Å²) in [7, 11) is 0. The summed E-state index contributed by atoms with van der Waals surface area (Å²) in [4.78, 5) is 38.1. The molecule has 0 rings (SSSR count). The monoisotopic (exact) mass is 925 g/mol. The van der Waals surface area contributed by atoms with Gasteiger partial charge in [0, 0.05) is 19.3 Å². The number of rotatable bonds is 46. The Balaban J connectivity index is 4.58. The first-order chi connectivity index (χ1) is 33.0. The Bertz CT molecular complexity index is 1480. The number of carbonyl (C=O) groups excluding carboxylic acids is 3. The Kier molecular flexibility index (Phi) is 50.6. The molecule has 0 saturated carbocycles. The molecule has 6 heteroatoms. The molecule has 0 bridgehead atoms. The van der Waals surface area contributed by atoms with Gasteiger partial charge in [-0.2, -0.15) is 0 Å². The molecule has 0 aliphatic rings. The van der Waals surface area contributed by atoms with Crippen LogP contribution in [0.4, 0.5) is 0 Å². The van der Waals surface area contributed by atoms with Gasteiger partial charge in [-0.05, 0) is 128 Å². The fourth-order valence-corrected chi connectivity index (χ4v) is 6.67. The van der Waals surface area contributed by atoms with Crippen molar-refractivity contribution in [2.24, 2.45) is 0 Å². The van der Waals surface area contributed by atoms with Crippen LogP contribution < -0.4 is 0 Å². The van der Waals surface area contributed by atoms with Crippen molar-refractivity contribution >= 4 is 17.9 Å². The Morgan fingerprint density at radius 1 is 0.313 bits per heavy atom. The number of carbonyl (C=O) groups is 3. The summed E-state index contributed by atoms with van der Waals surface area (Å²) < 4.78 is 16.7. The normalized spacial score (nSPS) is 13.2. The zero-order valence-corrected chi connectivity index (χ0v) is 42.9. The maximum absolute atomic E-state index is 12.8. The summed E-state index contributed by atoms with van der Waals surface area (Å²) >= 11 is 0. The highest BCUT2D eigenvalue weighted by molar-refractivity contribution is 5.71. The fraction of sp³-hybridized carbons (Fsp3) is 0.590. The summed E-state index contributed by atoms with van der Waals surface area (Å²) in [5, 5.41) is 0. The Hall–Kier alpha value is -4.45. The molecule has 376 valence electrons. The van der Waals surface area contributed by atoms with E-state index >= 15 is 0 Å². The molecule has 1 atom stereocenters. The van der Waals surface area contributed by atoms with Gasteiger partial charge in [0.05, 0.1) is 0 Å². The van der Waals surface area contributed by atoms with Crippen molar-refractivity contribution < 1.29 is 28.6 Å². The molecular formula is C61H96O6. The van der Waals surface area contributed by atoms with Crippen molar-refractivity contribution in [1.82, 2.24) is 0 Å². The molecule has 0 amide bonds. The van der Waals surface area contributed by atoms with Gasteiger partial charge in [0.1, 0.15) is 13.2 Å². The van der Waals surface area contributed by atoms with Crippen LogP contribution in [0.1, 0.15) is 213 Å². The lowest BCUT2D eigenvalue weighted by Crippen LogP contribution is -2.30. The zero-order chi connectivity index (χ0) is 48.6. The van der Waals surface area contributed by atoms with Crippen molar-refractivity contribution in [1.29, 1.82) is 0 Å². The van der Waals surface area contributed by atoms with Gasteiger partial charge < -0.3 is 14.2 Å². The summed E-state index contributed by atoms with van der Waals surface area (Å²) in [6.45, 7) is 6.28. The van der Waals surface area contributed by atoms with Crippen LogP contribution in [0.15, 0.2) is 134 Å². The summed E-state index contributed by atoms with van der Waals surface area (Å²) in [6.07, 6.45) is 75.8. The van der Waals surface area contributed by atoms with Crippen LogP contribution in [0.5, 0.6) is 0 Å². The molecule has 0 aliphatic carbocycles. The Labute approximate surface area is 411 Å². The average molecular weight is 925 g/mol. The second-order valence-electron chi connectivity index (χ2n) is 17.0. The van der Waals surface area contributed by atoms with Crippen LogP contribution in [0, 0.1) is 0 Å². The molecule has 0 fully saturated rings. The highest BCUT2D eigenvalue weighted by Crippen LogP contribution is 2.12. The van der Waals surface area contributed by atoms with E-state index in [1.807, 2.05) is 0 Å². The lowest BCUT2D eigenvalue weighted by Gasteiger charge is -2.18. The first-order valence-electron chi connectivity index (χ1n) is 26.7. The molecule has 0 N–H and O–H groups in total. The SMILES string of the molecule is CC/C=C\C/C=C\C/C=C\C/C=C\C/C=C\CCCC(=O)OC[C@@H](COC(=O)CCCCCCC/C=C\C/C=C\C/C=C\CC)OC(=O)CCCCCC/C=C\C/C=C\C/C=C\CCCCC. The number of esters is 3. The minimum Gasteiger partial charge on any atom is -0.462 e. The van der Waals surface area contributed by atoms with E-state index in [2.05, 4.69) is 154 Å². The van der Waals surface area contributed by atoms with Gasteiger partial charge in [-0.25, -0.2) is 0 Å². The Morgan fingerprint density at radius 2 is 0.597 bits per heavy atom. The average Bonchev–Trinajstić information content (AvgIpc) is 3.33. The molecule has 0 heterocycles. The molecule has 0 aliphatic heterocycles. The molecule has 0 saturated heterocycles. The van der Waals surface area contributed by atoms with Crippen LogP contribution >= 0.6 is 0 Å².